The van der Waals surface area contributed by atoms with Gasteiger partial charge in [0, 0.05) is 12.1 Å². The molecule has 1 rings (SSSR count). The fraction of sp³-hybridized carbons (Fsp3) is 0.500. The minimum Gasteiger partial charge on any atom is -0.399 e. The van der Waals surface area contributed by atoms with Crippen LogP contribution in [-0.4, -0.2) is 0 Å². The zero-order valence-corrected chi connectivity index (χ0v) is 7.54. The molecule has 0 aliphatic heterocycles. The van der Waals surface area contributed by atoms with Crippen LogP contribution in [0.3, 0.4) is 0 Å². The van der Waals surface area contributed by atoms with Crippen molar-refractivity contribution in [1.82, 2.24) is 0 Å². The largest absolute Gasteiger partial charge is 0.399 e. The summed E-state index contributed by atoms with van der Waals surface area (Å²) >= 11 is 0. The summed E-state index contributed by atoms with van der Waals surface area (Å²) in [5.41, 5.74) is 6.48. The second kappa shape index (κ2) is 3.02. The predicted octanol–water partition coefficient (Wildman–Crippen LogP) is 1.95. The van der Waals surface area contributed by atoms with Crippen molar-refractivity contribution in [3.8, 4) is 6.07 Å². The highest BCUT2D eigenvalue weighted by molar-refractivity contribution is 5.26. The summed E-state index contributed by atoms with van der Waals surface area (Å²) in [5, 5.41) is 8.58. The van der Waals surface area contributed by atoms with Crippen LogP contribution in [0.25, 0.3) is 0 Å². The van der Waals surface area contributed by atoms with Gasteiger partial charge in [-0.2, -0.15) is 5.26 Å². The van der Waals surface area contributed by atoms with Gasteiger partial charge >= 0.3 is 0 Å². The lowest BCUT2D eigenvalue weighted by Gasteiger charge is -2.30. The van der Waals surface area contributed by atoms with Crippen LogP contribution in [0, 0.1) is 22.7 Å². The Hall–Kier alpha value is -1.23. The molecule has 1 atom stereocenters. The third kappa shape index (κ3) is 1.68. The molecule has 0 spiro atoms. The van der Waals surface area contributed by atoms with Crippen molar-refractivity contribution in [2.24, 2.45) is 17.1 Å². The Morgan fingerprint density at radius 3 is 2.83 bits per heavy atom. The maximum atomic E-state index is 8.58. The van der Waals surface area contributed by atoms with Crippen molar-refractivity contribution < 1.29 is 0 Å². The molecule has 1 aliphatic carbocycles. The van der Waals surface area contributed by atoms with Crippen LogP contribution in [0.5, 0.6) is 0 Å². The first-order chi connectivity index (χ1) is 5.56. The quantitative estimate of drug-likeness (QED) is 0.640. The zero-order chi connectivity index (χ0) is 9.19. The van der Waals surface area contributed by atoms with E-state index in [0.717, 1.165) is 5.70 Å². The van der Waals surface area contributed by atoms with Gasteiger partial charge in [-0.25, -0.2) is 0 Å². The highest BCUT2D eigenvalue weighted by atomic mass is 14.6. The van der Waals surface area contributed by atoms with Gasteiger partial charge in [-0.3, -0.25) is 0 Å². The average molecular weight is 162 g/mol. The first-order valence-corrected chi connectivity index (χ1v) is 4.10. The number of hydrogen-bond acceptors (Lipinski definition) is 2. The molecule has 2 heteroatoms. The summed E-state index contributed by atoms with van der Waals surface area (Å²) in [6, 6.07) is 2.19. The topological polar surface area (TPSA) is 49.8 Å². The van der Waals surface area contributed by atoms with Gasteiger partial charge in [-0.05, 0) is 17.4 Å². The molecule has 1 aliphatic rings. The molecule has 1 unspecified atom stereocenters. The first-order valence-electron chi connectivity index (χ1n) is 4.10. The van der Waals surface area contributed by atoms with Crippen LogP contribution in [0.2, 0.25) is 0 Å². The maximum Gasteiger partial charge on any atom is 0.0628 e. The van der Waals surface area contributed by atoms with Crippen LogP contribution in [0.1, 0.15) is 20.3 Å². The lowest BCUT2D eigenvalue weighted by molar-refractivity contribution is 0.341. The van der Waals surface area contributed by atoms with E-state index in [1.165, 1.54) is 0 Å². The SMILES string of the molecule is CC1(C)C=C(N)C=CC1CC#N. The molecular formula is C10H14N2. The van der Waals surface area contributed by atoms with E-state index in [4.69, 9.17) is 11.0 Å². The van der Waals surface area contributed by atoms with Gasteiger partial charge in [-0.15, -0.1) is 0 Å². The Balaban J connectivity index is 2.83. The molecule has 0 fully saturated rings. The van der Waals surface area contributed by atoms with E-state index in [1.54, 1.807) is 0 Å². The van der Waals surface area contributed by atoms with Gasteiger partial charge in [0.05, 0.1) is 6.07 Å². The van der Waals surface area contributed by atoms with E-state index in [-0.39, 0.29) is 5.41 Å². The molecule has 0 saturated heterocycles. The fourth-order valence-electron chi connectivity index (χ4n) is 1.49. The van der Waals surface area contributed by atoms with Gasteiger partial charge < -0.3 is 5.73 Å². The number of rotatable bonds is 1. The standard InChI is InChI=1S/C10H14N2/c1-10(2)7-9(12)4-3-8(10)5-6-11/h3-4,7-8H,5,12H2,1-2H3. The van der Waals surface area contributed by atoms with E-state index in [2.05, 4.69) is 19.9 Å². The summed E-state index contributed by atoms with van der Waals surface area (Å²) in [6.07, 6.45) is 6.49. The average Bonchev–Trinajstić information content (AvgIpc) is 1.94. The van der Waals surface area contributed by atoms with Gasteiger partial charge in [0.1, 0.15) is 0 Å². The molecule has 0 saturated carbocycles. The summed E-state index contributed by atoms with van der Waals surface area (Å²) in [6.45, 7) is 4.21. The van der Waals surface area contributed by atoms with E-state index in [9.17, 15) is 0 Å². The maximum absolute atomic E-state index is 8.58. The monoisotopic (exact) mass is 162 g/mol. The van der Waals surface area contributed by atoms with Gasteiger partial charge in [0.2, 0.25) is 0 Å². The molecule has 0 bridgehead atoms. The summed E-state index contributed by atoms with van der Waals surface area (Å²) in [4.78, 5) is 0. The summed E-state index contributed by atoms with van der Waals surface area (Å²) < 4.78 is 0. The minimum absolute atomic E-state index is 0.0224. The molecule has 12 heavy (non-hydrogen) atoms. The van der Waals surface area contributed by atoms with Crippen molar-refractivity contribution in [1.29, 1.82) is 5.26 Å². The van der Waals surface area contributed by atoms with Gasteiger partial charge in [0.25, 0.3) is 0 Å². The number of nitrogens with zero attached hydrogens (tertiary/aromatic N) is 1. The van der Waals surface area contributed by atoms with Gasteiger partial charge in [-0.1, -0.05) is 26.0 Å². The molecule has 0 heterocycles. The smallest absolute Gasteiger partial charge is 0.0628 e. The van der Waals surface area contributed by atoms with Crippen LogP contribution in [0.4, 0.5) is 0 Å². The Labute approximate surface area is 73.4 Å². The minimum atomic E-state index is 0.0224. The third-order valence-corrected chi connectivity index (χ3v) is 2.33. The summed E-state index contributed by atoms with van der Waals surface area (Å²) in [5.74, 6) is 0.301. The van der Waals surface area contributed by atoms with Crippen LogP contribution in [-0.2, 0) is 0 Å². The number of hydrogen-bond donors (Lipinski definition) is 1. The Morgan fingerprint density at radius 2 is 2.33 bits per heavy atom. The van der Waals surface area contributed by atoms with E-state index in [1.807, 2.05) is 18.2 Å². The number of allylic oxidation sites excluding steroid dienone is 3. The fourth-order valence-corrected chi connectivity index (χ4v) is 1.49. The molecule has 2 N–H and O–H groups in total. The van der Waals surface area contributed by atoms with Crippen molar-refractivity contribution >= 4 is 0 Å². The van der Waals surface area contributed by atoms with Crippen LogP contribution >= 0.6 is 0 Å². The molecule has 2 nitrogen and oxygen atoms in total. The van der Waals surface area contributed by atoms with Crippen LogP contribution < -0.4 is 5.73 Å². The Kier molecular flexibility index (Phi) is 2.23. The third-order valence-electron chi connectivity index (χ3n) is 2.33. The molecule has 0 aromatic heterocycles. The van der Waals surface area contributed by atoms with Crippen molar-refractivity contribution in [2.75, 3.05) is 0 Å². The highest BCUT2D eigenvalue weighted by Crippen LogP contribution is 2.35. The number of nitriles is 1. The van der Waals surface area contributed by atoms with Crippen LogP contribution in [0.15, 0.2) is 23.9 Å². The van der Waals surface area contributed by atoms with Gasteiger partial charge in [0.15, 0.2) is 0 Å². The normalized spacial score (nSPS) is 26.1. The lowest BCUT2D eigenvalue weighted by atomic mass is 9.74. The molecule has 0 aromatic rings. The predicted molar refractivity (Wildman–Crippen MR) is 48.9 cm³/mol. The van der Waals surface area contributed by atoms with Crippen molar-refractivity contribution in [2.45, 2.75) is 20.3 Å². The van der Waals surface area contributed by atoms with Crippen molar-refractivity contribution in [3.05, 3.63) is 23.9 Å². The Morgan fingerprint density at radius 1 is 1.67 bits per heavy atom. The lowest BCUT2D eigenvalue weighted by Crippen LogP contribution is -2.24. The highest BCUT2D eigenvalue weighted by Gasteiger charge is 2.27. The van der Waals surface area contributed by atoms with E-state index >= 15 is 0 Å². The Bertz CT molecular complexity index is 266. The van der Waals surface area contributed by atoms with E-state index in [0.29, 0.717) is 12.3 Å². The summed E-state index contributed by atoms with van der Waals surface area (Å²) in [7, 11) is 0. The molecule has 0 aromatic carbocycles. The molecule has 0 amide bonds. The molecule has 64 valence electrons. The first kappa shape index (κ1) is 8.86. The van der Waals surface area contributed by atoms with Crippen molar-refractivity contribution in [3.63, 3.8) is 0 Å². The number of nitrogens with two attached hydrogens (primary N) is 1. The second-order valence-corrected chi connectivity index (χ2v) is 3.79. The zero-order valence-electron chi connectivity index (χ0n) is 7.54. The molecular weight excluding hydrogens is 148 g/mol. The second-order valence-electron chi connectivity index (χ2n) is 3.79. The molecule has 0 radical (unpaired) electrons. The van der Waals surface area contributed by atoms with E-state index < -0.39 is 0 Å².